The van der Waals surface area contributed by atoms with E-state index in [0.29, 0.717) is 16.9 Å². The fraction of sp³-hybridized carbons (Fsp3) is 0.300. The van der Waals surface area contributed by atoms with Crippen molar-refractivity contribution in [1.82, 2.24) is 10.2 Å². The molecule has 154 valence electrons. The number of anilines is 2. The number of sulfonamides is 1. The molecule has 2 aromatic carbocycles. The van der Waals surface area contributed by atoms with Gasteiger partial charge in [-0.25, -0.2) is 8.42 Å². The van der Waals surface area contributed by atoms with Gasteiger partial charge >= 0.3 is 0 Å². The maximum Gasteiger partial charge on any atom is 0.239 e. The molecular formula is C20H25N5O3S. The Morgan fingerprint density at radius 2 is 1.83 bits per heavy atom. The summed E-state index contributed by atoms with van der Waals surface area (Å²) in [6.45, 7) is 1.86. The van der Waals surface area contributed by atoms with Gasteiger partial charge in [-0.05, 0) is 42.3 Å². The molecule has 1 fully saturated rings. The number of carbonyl (C=O) groups excluding carboxylic acids is 1. The van der Waals surface area contributed by atoms with Gasteiger partial charge in [0.2, 0.25) is 15.9 Å². The number of amides is 1. The Hall–Kier alpha value is -3.07. The van der Waals surface area contributed by atoms with Crippen molar-refractivity contribution in [2.45, 2.75) is 18.4 Å². The van der Waals surface area contributed by atoms with Gasteiger partial charge in [0.1, 0.15) is 0 Å². The molecule has 0 aliphatic carbocycles. The summed E-state index contributed by atoms with van der Waals surface area (Å²) in [6, 6.07) is 14.1. The minimum atomic E-state index is -3.39. The molecule has 0 spiro atoms. The molecule has 0 bridgehead atoms. The van der Waals surface area contributed by atoms with Crippen molar-refractivity contribution in [3.63, 3.8) is 0 Å². The van der Waals surface area contributed by atoms with Crippen LogP contribution in [0, 0.1) is 5.41 Å². The van der Waals surface area contributed by atoms with Crippen molar-refractivity contribution in [3.05, 3.63) is 59.7 Å². The van der Waals surface area contributed by atoms with Crippen molar-refractivity contribution in [2.75, 3.05) is 30.4 Å². The van der Waals surface area contributed by atoms with Gasteiger partial charge in [-0.15, -0.1) is 0 Å². The highest BCUT2D eigenvalue weighted by Crippen LogP contribution is 2.41. The maximum absolute atomic E-state index is 13.2. The SMILES string of the molecule is CN1C(=N)N[C@](C)(c2cccc(N)c2)[C@@H](c2ccc(N(C)S(C)(=O)=O)cc2)C1=O. The molecule has 4 N–H and O–H groups in total. The van der Waals surface area contributed by atoms with Crippen LogP contribution in [0.15, 0.2) is 48.5 Å². The van der Waals surface area contributed by atoms with Crippen molar-refractivity contribution in [3.8, 4) is 0 Å². The van der Waals surface area contributed by atoms with E-state index in [9.17, 15) is 13.2 Å². The summed E-state index contributed by atoms with van der Waals surface area (Å²) in [7, 11) is -0.360. The Morgan fingerprint density at radius 3 is 2.38 bits per heavy atom. The summed E-state index contributed by atoms with van der Waals surface area (Å²) in [5.41, 5.74) is 7.61. The second kappa shape index (κ2) is 7.07. The van der Waals surface area contributed by atoms with E-state index in [1.54, 1.807) is 43.4 Å². The number of guanidine groups is 1. The summed E-state index contributed by atoms with van der Waals surface area (Å²) >= 11 is 0. The number of hydrogen-bond donors (Lipinski definition) is 3. The molecule has 0 unspecified atom stereocenters. The molecule has 8 nitrogen and oxygen atoms in total. The number of nitrogens with two attached hydrogens (primary N) is 1. The van der Waals surface area contributed by atoms with Crippen molar-refractivity contribution in [2.24, 2.45) is 0 Å². The van der Waals surface area contributed by atoms with E-state index in [0.717, 1.165) is 11.8 Å². The van der Waals surface area contributed by atoms with Crippen molar-refractivity contribution in [1.29, 1.82) is 5.41 Å². The van der Waals surface area contributed by atoms with Crippen LogP contribution in [0.4, 0.5) is 11.4 Å². The number of benzene rings is 2. The fourth-order valence-corrected chi connectivity index (χ4v) is 4.10. The minimum absolute atomic E-state index is 0.00426. The van der Waals surface area contributed by atoms with Gasteiger partial charge in [0, 0.05) is 19.8 Å². The van der Waals surface area contributed by atoms with Gasteiger partial charge in [-0.2, -0.15) is 0 Å². The quantitative estimate of drug-likeness (QED) is 0.656. The smallest absolute Gasteiger partial charge is 0.239 e. The van der Waals surface area contributed by atoms with Crippen LogP contribution >= 0.6 is 0 Å². The van der Waals surface area contributed by atoms with Gasteiger partial charge in [0.25, 0.3) is 0 Å². The van der Waals surface area contributed by atoms with E-state index in [1.807, 2.05) is 19.1 Å². The third-order valence-electron chi connectivity index (χ3n) is 5.44. The predicted molar refractivity (Wildman–Crippen MR) is 114 cm³/mol. The molecule has 0 aromatic heterocycles. The Balaban J connectivity index is 2.10. The normalized spacial score (nSPS) is 22.3. The van der Waals surface area contributed by atoms with Crippen LogP contribution in [0.3, 0.4) is 0 Å². The fourth-order valence-electron chi connectivity index (χ4n) is 3.60. The highest BCUT2D eigenvalue weighted by molar-refractivity contribution is 7.92. The summed E-state index contributed by atoms with van der Waals surface area (Å²) in [6.07, 6.45) is 1.13. The first-order chi connectivity index (χ1) is 13.4. The zero-order valence-corrected chi connectivity index (χ0v) is 17.6. The number of rotatable bonds is 4. The van der Waals surface area contributed by atoms with Gasteiger partial charge in [0.15, 0.2) is 5.96 Å². The van der Waals surface area contributed by atoms with Gasteiger partial charge in [0.05, 0.1) is 23.4 Å². The van der Waals surface area contributed by atoms with Crippen LogP contribution < -0.4 is 15.4 Å². The first kappa shape index (κ1) is 20.7. The lowest BCUT2D eigenvalue weighted by Gasteiger charge is -2.46. The molecule has 9 heteroatoms. The molecule has 0 saturated carbocycles. The Bertz CT molecular complexity index is 1070. The van der Waals surface area contributed by atoms with Crippen LogP contribution in [0.2, 0.25) is 0 Å². The van der Waals surface area contributed by atoms with Gasteiger partial charge in [-0.3, -0.25) is 19.4 Å². The number of nitrogen functional groups attached to an aromatic ring is 1. The second-order valence-corrected chi connectivity index (χ2v) is 9.47. The zero-order chi connectivity index (χ0) is 21.6. The first-order valence-corrected chi connectivity index (χ1v) is 10.8. The first-order valence-electron chi connectivity index (χ1n) is 8.99. The summed E-state index contributed by atoms with van der Waals surface area (Å²) in [5.74, 6) is -0.867. The van der Waals surface area contributed by atoms with Crippen molar-refractivity contribution < 1.29 is 13.2 Å². The molecule has 1 amide bonds. The largest absolute Gasteiger partial charge is 0.399 e. The predicted octanol–water partition coefficient (Wildman–Crippen LogP) is 1.66. The topological polar surface area (TPSA) is 120 Å². The number of nitrogens with zero attached hydrogens (tertiary/aromatic N) is 2. The minimum Gasteiger partial charge on any atom is -0.399 e. The van der Waals surface area contributed by atoms with Crippen LogP contribution in [0.25, 0.3) is 0 Å². The molecule has 2 atom stereocenters. The Labute approximate surface area is 170 Å². The van der Waals surface area contributed by atoms with E-state index in [2.05, 4.69) is 5.32 Å². The number of nitrogens with one attached hydrogen (secondary N) is 2. The maximum atomic E-state index is 13.2. The highest BCUT2D eigenvalue weighted by Gasteiger charge is 2.48. The molecule has 29 heavy (non-hydrogen) atoms. The lowest BCUT2D eigenvalue weighted by molar-refractivity contribution is -0.131. The lowest BCUT2D eigenvalue weighted by atomic mass is 9.73. The summed E-state index contributed by atoms with van der Waals surface area (Å²) in [5, 5.41) is 11.3. The standard InChI is InChI=1S/C20H25N5O3S/c1-20(14-6-5-7-15(21)12-14)17(18(26)24(2)19(22)23-20)13-8-10-16(11-9-13)25(3)29(4,27)28/h5-12,17H,21H2,1-4H3,(H2,22,23)/t17-,20+/m0/s1. The van der Waals surface area contributed by atoms with E-state index in [4.69, 9.17) is 11.1 Å². The average Bonchev–Trinajstić information content (AvgIpc) is 2.65. The van der Waals surface area contributed by atoms with Crippen molar-refractivity contribution >= 4 is 33.3 Å². The molecule has 1 aliphatic heterocycles. The van der Waals surface area contributed by atoms with Gasteiger partial charge < -0.3 is 11.1 Å². The molecule has 3 rings (SSSR count). The Kier molecular flexibility index (Phi) is 5.04. The van der Waals surface area contributed by atoms with Crippen LogP contribution in [-0.4, -0.2) is 45.5 Å². The van der Waals surface area contributed by atoms with E-state index in [-0.39, 0.29) is 11.9 Å². The number of likely N-dealkylation sites (N-methyl/N-ethyl adjacent to an activating group) is 1. The third kappa shape index (κ3) is 3.65. The zero-order valence-electron chi connectivity index (χ0n) is 16.8. The van der Waals surface area contributed by atoms with E-state index in [1.165, 1.54) is 16.3 Å². The number of hydrogen-bond acceptors (Lipinski definition) is 5. The van der Waals surface area contributed by atoms with Crippen LogP contribution in [0.5, 0.6) is 0 Å². The van der Waals surface area contributed by atoms with Gasteiger partial charge in [-0.1, -0.05) is 24.3 Å². The summed E-state index contributed by atoms with van der Waals surface area (Å²) in [4.78, 5) is 14.5. The third-order valence-corrected chi connectivity index (χ3v) is 6.65. The second-order valence-electron chi connectivity index (χ2n) is 7.45. The molecule has 1 saturated heterocycles. The highest BCUT2D eigenvalue weighted by atomic mass is 32.2. The molecule has 1 heterocycles. The molecule has 0 radical (unpaired) electrons. The Morgan fingerprint density at radius 1 is 1.21 bits per heavy atom. The molecule has 2 aromatic rings. The number of carbonyl (C=O) groups is 1. The van der Waals surface area contributed by atoms with E-state index >= 15 is 0 Å². The monoisotopic (exact) mass is 415 g/mol. The summed E-state index contributed by atoms with van der Waals surface area (Å²) < 4.78 is 24.8. The van der Waals surface area contributed by atoms with E-state index < -0.39 is 21.5 Å². The molecular weight excluding hydrogens is 390 g/mol. The van der Waals surface area contributed by atoms with Crippen LogP contribution in [-0.2, 0) is 20.4 Å². The lowest BCUT2D eigenvalue weighted by Crippen LogP contribution is -2.62. The van der Waals surface area contributed by atoms with Crippen LogP contribution in [0.1, 0.15) is 24.0 Å². The molecule has 1 aliphatic rings. The average molecular weight is 416 g/mol.